The smallest absolute Gasteiger partial charge is 0.338 e. The maximum Gasteiger partial charge on any atom is 0.338 e. The molecule has 0 bridgehead atoms. The van der Waals surface area contributed by atoms with E-state index in [2.05, 4.69) is 10.6 Å². The lowest BCUT2D eigenvalue weighted by Crippen LogP contribution is -2.41. The van der Waals surface area contributed by atoms with Crippen LogP contribution < -0.4 is 10.6 Å². The molecule has 1 fully saturated rings. The lowest BCUT2D eigenvalue weighted by Gasteiger charge is -2.18. The largest absolute Gasteiger partial charge is 0.459 e. The first kappa shape index (κ1) is 19.2. The Hall–Kier alpha value is -3.62. The molecule has 28 heavy (non-hydrogen) atoms. The highest BCUT2D eigenvalue weighted by molar-refractivity contribution is 6.04. The highest BCUT2D eigenvalue weighted by Crippen LogP contribution is 2.19. The third-order valence-electron chi connectivity index (χ3n) is 4.22. The number of nitrogens with one attached hydrogen (secondary N) is 2. The van der Waals surface area contributed by atoms with Crippen LogP contribution in [0.2, 0.25) is 0 Å². The zero-order chi connectivity index (χ0) is 20.3. The maximum atomic E-state index is 12.4. The molecule has 1 atom stereocenters. The maximum absolute atomic E-state index is 12.4. The Kier molecular flexibility index (Phi) is 5.44. The third kappa shape index (κ3) is 4.03. The Balaban J connectivity index is 1.69. The molecule has 1 unspecified atom stereocenters. The van der Waals surface area contributed by atoms with Crippen molar-refractivity contribution in [3.63, 3.8) is 0 Å². The van der Waals surface area contributed by atoms with Crippen LogP contribution in [0.5, 0.6) is 0 Å². The van der Waals surface area contributed by atoms with Gasteiger partial charge in [0, 0.05) is 18.8 Å². The standard InChI is InChI=1S/C19H19N3O6/c1-11-5-6-13(10-14(11)21-16(23)15-4-3-9-27-15)18(25)28-12(2)17(24)22-8-7-20-19(22)26/h3-6,9-10,12H,7-8H2,1-2H3,(H,20,26)(H,21,23). The van der Waals surface area contributed by atoms with Crippen molar-refractivity contribution in [1.82, 2.24) is 10.2 Å². The second kappa shape index (κ2) is 7.95. The van der Waals surface area contributed by atoms with E-state index in [0.717, 1.165) is 10.5 Å². The molecule has 2 aromatic rings. The van der Waals surface area contributed by atoms with Gasteiger partial charge in [-0.2, -0.15) is 0 Å². The Morgan fingerprint density at radius 1 is 1.29 bits per heavy atom. The molecule has 1 saturated heterocycles. The number of carbonyl (C=O) groups excluding carboxylic acids is 4. The van der Waals surface area contributed by atoms with E-state index in [-0.39, 0.29) is 17.9 Å². The van der Waals surface area contributed by atoms with E-state index in [1.807, 2.05) is 0 Å². The first-order valence-electron chi connectivity index (χ1n) is 8.62. The molecule has 1 aromatic heterocycles. The van der Waals surface area contributed by atoms with E-state index < -0.39 is 29.9 Å². The number of hydrogen-bond donors (Lipinski definition) is 2. The van der Waals surface area contributed by atoms with E-state index >= 15 is 0 Å². The fourth-order valence-corrected chi connectivity index (χ4v) is 2.66. The summed E-state index contributed by atoms with van der Waals surface area (Å²) in [7, 11) is 0. The van der Waals surface area contributed by atoms with Crippen LogP contribution >= 0.6 is 0 Å². The normalized spacial score (nSPS) is 14.4. The van der Waals surface area contributed by atoms with Crippen molar-refractivity contribution in [3.8, 4) is 0 Å². The Morgan fingerprint density at radius 3 is 2.71 bits per heavy atom. The zero-order valence-corrected chi connectivity index (χ0v) is 15.4. The summed E-state index contributed by atoms with van der Waals surface area (Å²) in [5, 5.41) is 5.18. The summed E-state index contributed by atoms with van der Waals surface area (Å²) in [6, 6.07) is 7.23. The van der Waals surface area contributed by atoms with Gasteiger partial charge < -0.3 is 19.8 Å². The Bertz CT molecular complexity index is 922. The van der Waals surface area contributed by atoms with Crippen LogP contribution in [0.25, 0.3) is 0 Å². The number of rotatable bonds is 5. The third-order valence-corrected chi connectivity index (χ3v) is 4.22. The molecule has 0 aliphatic carbocycles. The molecule has 0 spiro atoms. The van der Waals surface area contributed by atoms with Gasteiger partial charge in [0.2, 0.25) is 0 Å². The molecule has 0 radical (unpaired) electrons. The van der Waals surface area contributed by atoms with Gasteiger partial charge in [-0.05, 0) is 43.7 Å². The van der Waals surface area contributed by atoms with Crippen LogP contribution in [0, 0.1) is 6.92 Å². The molecule has 3 rings (SSSR count). The zero-order valence-electron chi connectivity index (χ0n) is 15.4. The second-order valence-electron chi connectivity index (χ2n) is 6.23. The number of imide groups is 1. The predicted octanol–water partition coefficient (Wildman–Crippen LogP) is 1.94. The second-order valence-corrected chi connectivity index (χ2v) is 6.23. The Labute approximate surface area is 160 Å². The van der Waals surface area contributed by atoms with Crippen molar-refractivity contribution < 1.29 is 28.3 Å². The van der Waals surface area contributed by atoms with E-state index in [9.17, 15) is 19.2 Å². The monoisotopic (exact) mass is 385 g/mol. The Morgan fingerprint density at radius 2 is 2.07 bits per heavy atom. The van der Waals surface area contributed by atoms with Crippen molar-refractivity contribution >= 4 is 29.5 Å². The van der Waals surface area contributed by atoms with Crippen molar-refractivity contribution in [2.24, 2.45) is 0 Å². The summed E-state index contributed by atoms with van der Waals surface area (Å²) in [5.74, 6) is -1.66. The van der Waals surface area contributed by atoms with E-state index in [0.29, 0.717) is 12.2 Å². The number of benzene rings is 1. The summed E-state index contributed by atoms with van der Waals surface area (Å²) >= 11 is 0. The van der Waals surface area contributed by atoms with Gasteiger partial charge in [-0.3, -0.25) is 14.5 Å². The van der Waals surface area contributed by atoms with Crippen LogP contribution in [-0.2, 0) is 9.53 Å². The van der Waals surface area contributed by atoms with Crippen LogP contribution in [0.4, 0.5) is 10.5 Å². The number of esters is 1. The van der Waals surface area contributed by atoms with Crippen LogP contribution in [-0.4, -0.2) is 47.9 Å². The highest BCUT2D eigenvalue weighted by atomic mass is 16.5. The summed E-state index contributed by atoms with van der Waals surface area (Å²) in [5.41, 5.74) is 1.30. The first-order valence-corrected chi connectivity index (χ1v) is 8.62. The summed E-state index contributed by atoms with van der Waals surface area (Å²) in [6.07, 6.45) is 0.257. The topological polar surface area (TPSA) is 118 Å². The number of anilines is 1. The van der Waals surface area contributed by atoms with Crippen LogP contribution in [0.3, 0.4) is 0 Å². The van der Waals surface area contributed by atoms with Gasteiger partial charge in [-0.15, -0.1) is 0 Å². The highest BCUT2D eigenvalue weighted by Gasteiger charge is 2.31. The lowest BCUT2D eigenvalue weighted by molar-refractivity contribution is -0.136. The van der Waals surface area contributed by atoms with Gasteiger partial charge in [0.05, 0.1) is 11.8 Å². The quantitative estimate of drug-likeness (QED) is 0.760. The number of carbonyl (C=O) groups is 4. The first-order chi connectivity index (χ1) is 13.4. The van der Waals surface area contributed by atoms with Crippen molar-refractivity contribution in [3.05, 3.63) is 53.5 Å². The molecule has 9 heteroatoms. The number of hydrogen-bond acceptors (Lipinski definition) is 6. The lowest BCUT2D eigenvalue weighted by atomic mass is 10.1. The van der Waals surface area contributed by atoms with Crippen LogP contribution in [0.15, 0.2) is 41.0 Å². The summed E-state index contributed by atoms with van der Waals surface area (Å²) in [4.78, 5) is 49.4. The minimum atomic E-state index is -1.13. The number of ether oxygens (including phenoxy) is 1. The van der Waals surface area contributed by atoms with E-state index in [1.165, 1.54) is 31.4 Å². The predicted molar refractivity (Wildman–Crippen MR) is 97.8 cm³/mol. The van der Waals surface area contributed by atoms with Gasteiger partial charge in [-0.1, -0.05) is 6.07 Å². The molecule has 0 saturated carbocycles. The SMILES string of the molecule is Cc1ccc(C(=O)OC(C)C(=O)N2CCNC2=O)cc1NC(=O)c1ccco1. The molecule has 146 valence electrons. The number of amides is 4. The van der Waals surface area contributed by atoms with Crippen molar-refractivity contribution in [2.75, 3.05) is 18.4 Å². The van der Waals surface area contributed by atoms with Gasteiger partial charge in [0.25, 0.3) is 11.8 Å². The average Bonchev–Trinajstić information content (AvgIpc) is 3.34. The summed E-state index contributed by atoms with van der Waals surface area (Å²) in [6.45, 7) is 3.76. The van der Waals surface area contributed by atoms with Crippen molar-refractivity contribution in [2.45, 2.75) is 20.0 Å². The molecule has 9 nitrogen and oxygen atoms in total. The van der Waals surface area contributed by atoms with E-state index in [4.69, 9.17) is 9.15 Å². The number of urea groups is 1. The molecule has 1 aromatic carbocycles. The molecule has 1 aliphatic rings. The molecular weight excluding hydrogens is 366 g/mol. The molecule has 4 amide bonds. The van der Waals surface area contributed by atoms with Crippen LogP contribution in [0.1, 0.15) is 33.4 Å². The molecular formula is C19H19N3O6. The molecule has 1 aliphatic heterocycles. The van der Waals surface area contributed by atoms with Gasteiger partial charge in [0.1, 0.15) is 0 Å². The van der Waals surface area contributed by atoms with Crippen molar-refractivity contribution in [1.29, 1.82) is 0 Å². The minimum absolute atomic E-state index is 0.135. The molecule has 2 N–H and O–H groups in total. The van der Waals surface area contributed by atoms with E-state index in [1.54, 1.807) is 19.1 Å². The average molecular weight is 385 g/mol. The fraction of sp³-hybridized carbons (Fsp3) is 0.263. The molecule has 2 heterocycles. The minimum Gasteiger partial charge on any atom is -0.459 e. The van der Waals surface area contributed by atoms with Gasteiger partial charge in [-0.25, -0.2) is 9.59 Å². The van der Waals surface area contributed by atoms with Gasteiger partial charge in [0.15, 0.2) is 11.9 Å². The number of nitrogens with zero attached hydrogens (tertiary/aromatic N) is 1. The fourth-order valence-electron chi connectivity index (χ4n) is 2.66. The number of aryl methyl sites for hydroxylation is 1. The number of furan rings is 1. The summed E-state index contributed by atoms with van der Waals surface area (Å²) < 4.78 is 10.2. The van der Waals surface area contributed by atoms with Gasteiger partial charge >= 0.3 is 12.0 Å².